The molecule has 0 N–H and O–H groups in total. The van der Waals surface area contributed by atoms with E-state index in [4.69, 9.17) is 9.47 Å². The molecule has 0 amide bonds. The fourth-order valence-electron chi connectivity index (χ4n) is 2.20. The van der Waals surface area contributed by atoms with Gasteiger partial charge in [-0.25, -0.2) is 4.98 Å². The van der Waals surface area contributed by atoms with Crippen LogP contribution in [0.15, 0.2) is 30.6 Å². The number of aryl methyl sites for hydroxylation is 1. The van der Waals surface area contributed by atoms with E-state index < -0.39 is 0 Å². The van der Waals surface area contributed by atoms with E-state index in [2.05, 4.69) is 23.0 Å². The van der Waals surface area contributed by atoms with Crippen LogP contribution < -0.4 is 9.47 Å². The summed E-state index contributed by atoms with van der Waals surface area (Å²) in [4.78, 5) is 6.55. The topological polar surface area (TPSA) is 39.5 Å². The van der Waals surface area contributed by atoms with Crippen molar-refractivity contribution < 1.29 is 9.47 Å². The van der Waals surface area contributed by atoms with Crippen molar-refractivity contribution in [2.75, 3.05) is 13.8 Å². The zero-order chi connectivity index (χ0) is 13.2. The number of benzene rings is 1. The monoisotopic (exact) mass is 259 g/mol. The molecular weight excluding hydrogens is 242 g/mol. The smallest absolute Gasteiger partial charge is 0.231 e. The van der Waals surface area contributed by atoms with Gasteiger partial charge in [-0.05, 0) is 24.7 Å². The third-order valence-electron chi connectivity index (χ3n) is 3.22. The minimum absolute atomic E-state index is 0.321. The first-order chi connectivity index (χ1) is 9.22. The van der Waals surface area contributed by atoms with Gasteiger partial charge in [0.05, 0.1) is 6.54 Å². The lowest BCUT2D eigenvalue weighted by Gasteiger charge is -2.16. The normalized spacial score (nSPS) is 13.2. The van der Waals surface area contributed by atoms with Gasteiger partial charge in [-0.1, -0.05) is 6.07 Å². The van der Waals surface area contributed by atoms with Gasteiger partial charge in [0.25, 0.3) is 0 Å². The van der Waals surface area contributed by atoms with Crippen LogP contribution in [0.5, 0.6) is 11.5 Å². The Morgan fingerprint density at radius 3 is 2.89 bits per heavy atom. The molecule has 3 rings (SSSR count). The zero-order valence-corrected chi connectivity index (χ0v) is 11.2. The Bertz CT molecular complexity index is 580. The first kappa shape index (κ1) is 12.0. The highest BCUT2D eigenvalue weighted by molar-refractivity contribution is 5.44. The maximum absolute atomic E-state index is 5.39. The fourth-order valence-corrected chi connectivity index (χ4v) is 2.20. The number of rotatable bonds is 4. The third kappa shape index (κ3) is 2.56. The van der Waals surface area contributed by atoms with Crippen molar-refractivity contribution in [3.05, 3.63) is 42.0 Å². The molecule has 0 spiro atoms. The van der Waals surface area contributed by atoms with E-state index >= 15 is 0 Å². The second-order valence-electron chi connectivity index (χ2n) is 4.81. The summed E-state index contributed by atoms with van der Waals surface area (Å²) >= 11 is 0. The van der Waals surface area contributed by atoms with Gasteiger partial charge < -0.3 is 14.0 Å². The van der Waals surface area contributed by atoms with Crippen molar-refractivity contribution in [2.24, 2.45) is 7.05 Å². The molecule has 0 unspecified atom stereocenters. The van der Waals surface area contributed by atoms with E-state index in [0.29, 0.717) is 6.79 Å². The number of fused-ring (bicyclic) bond motifs is 1. The van der Waals surface area contributed by atoms with Crippen LogP contribution in [0.2, 0.25) is 0 Å². The van der Waals surface area contributed by atoms with Crippen LogP contribution in [-0.4, -0.2) is 28.3 Å². The van der Waals surface area contributed by atoms with E-state index in [1.165, 1.54) is 5.56 Å². The molecule has 1 aliphatic rings. The highest BCUT2D eigenvalue weighted by atomic mass is 16.7. The number of ether oxygens (including phenoxy) is 2. The van der Waals surface area contributed by atoms with Gasteiger partial charge >= 0.3 is 0 Å². The van der Waals surface area contributed by atoms with E-state index in [1.807, 2.05) is 36.1 Å². The van der Waals surface area contributed by atoms with Gasteiger partial charge in [-0.3, -0.25) is 4.90 Å². The Kier molecular flexibility index (Phi) is 3.13. The zero-order valence-electron chi connectivity index (χ0n) is 11.2. The van der Waals surface area contributed by atoms with Gasteiger partial charge in [-0.2, -0.15) is 0 Å². The van der Waals surface area contributed by atoms with E-state index in [0.717, 1.165) is 30.4 Å². The molecular formula is C14H17N3O2. The lowest BCUT2D eigenvalue weighted by molar-refractivity contribution is 0.174. The highest BCUT2D eigenvalue weighted by Crippen LogP contribution is 2.32. The minimum Gasteiger partial charge on any atom is -0.454 e. The van der Waals surface area contributed by atoms with Crippen LogP contribution in [0.4, 0.5) is 0 Å². The Morgan fingerprint density at radius 2 is 2.11 bits per heavy atom. The lowest BCUT2D eigenvalue weighted by atomic mass is 10.2. The van der Waals surface area contributed by atoms with E-state index in [9.17, 15) is 0 Å². The van der Waals surface area contributed by atoms with Crippen LogP contribution in [0.1, 0.15) is 11.4 Å². The maximum Gasteiger partial charge on any atom is 0.231 e. The summed E-state index contributed by atoms with van der Waals surface area (Å²) in [6.07, 6.45) is 3.79. The maximum atomic E-state index is 5.39. The first-order valence-electron chi connectivity index (χ1n) is 6.25. The molecule has 0 radical (unpaired) electrons. The Balaban J connectivity index is 1.66. The molecule has 1 aliphatic heterocycles. The quantitative estimate of drug-likeness (QED) is 0.839. The number of hydrogen-bond donors (Lipinski definition) is 0. The predicted molar refractivity (Wildman–Crippen MR) is 70.9 cm³/mol. The molecule has 2 aromatic rings. The summed E-state index contributed by atoms with van der Waals surface area (Å²) in [7, 11) is 4.09. The second-order valence-corrected chi connectivity index (χ2v) is 4.81. The van der Waals surface area contributed by atoms with Gasteiger partial charge in [0.15, 0.2) is 11.5 Å². The number of hydrogen-bond acceptors (Lipinski definition) is 4. The predicted octanol–water partition coefficient (Wildman–Crippen LogP) is 1.78. The van der Waals surface area contributed by atoms with E-state index in [-0.39, 0.29) is 0 Å². The Labute approximate surface area is 112 Å². The summed E-state index contributed by atoms with van der Waals surface area (Å²) in [6.45, 7) is 1.99. The number of nitrogens with zero attached hydrogens (tertiary/aromatic N) is 3. The molecule has 1 aromatic heterocycles. The number of aromatic nitrogens is 2. The summed E-state index contributed by atoms with van der Waals surface area (Å²) in [5.74, 6) is 2.72. The van der Waals surface area contributed by atoms with Gasteiger partial charge in [-0.15, -0.1) is 0 Å². The van der Waals surface area contributed by atoms with Crippen molar-refractivity contribution in [1.29, 1.82) is 0 Å². The summed E-state index contributed by atoms with van der Waals surface area (Å²) in [6, 6.07) is 6.08. The SMILES string of the molecule is CN(Cc1ccc2c(c1)OCO2)Cc1nccn1C. The van der Waals surface area contributed by atoms with Crippen LogP contribution >= 0.6 is 0 Å². The average molecular weight is 259 g/mol. The molecule has 0 saturated heterocycles. The molecule has 0 atom stereocenters. The van der Waals surface area contributed by atoms with Gasteiger partial charge in [0.2, 0.25) is 6.79 Å². The van der Waals surface area contributed by atoms with Crippen molar-refractivity contribution >= 4 is 0 Å². The largest absolute Gasteiger partial charge is 0.454 e. The minimum atomic E-state index is 0.321. The van der Waals surface area contributed by atoms with Crippen molar-refractivity contribution in [3.8, 4) is 11.5 Å². The molecule has 5 heteroatoms. The lowest BCUT2D eigenvalue weighted by Crippen LogP contribution is -2.19. The molecule has 0 aliphatic carbocycles. The van der Waals surface area contributed by atoms with E-state index in [1.54, 1.807) is 0 Å². The van der Waals surface area contributed by atoms with Crippen LogP contribution in [0, 0.1) is 0 Å². The summed E-state index contributed by atoms with van der Waals surface area (Å²) < 4.78 is 12.7. The molecule has 100 valence electrons. The second kappa shape index (κ2) is 4.93. The fraction of sp³-hybridized carbons (Fsp3) is 0.357. The Hall–Kier alpha value is -2.01. The van der Waals surface area contributed by atoms with Gasteiger partial charge in [0, 0.05) is 26.0 Å². The highest BCUT2D eigenvalue weighted by Gasteiger charge is 2.14. The summed E-state index contributed by atoms with van der Waals surface area (Å²) in [5, 5.41) is 0. The first-order valence-corrected chi connectivity index (χ1v) is 6.25. The molecule has 1 aromatic carbocycles. The molecule has 19 heavy (non-hydrogen) atoms. The molecule has 0 bridgehead atoms. The van der Waals surface area contributed by atoms with Crippen LogP contribution in [0.3, 0.4) is 0 Å². The molecule has 0 fully saturated rings. The number of imidazole rings is 1. The van der Waals surface area contributed by atoms with Crippen LogP contribution in [0.25, 0.3) is 0 Å². The third-order valence-corrected chi connectivity index (χ3v) is 3.22. The van der Waals surface area contributed by atoms with Crippen molar-refractivity contribution in [3.63, 3.8) is 0 Å². The average Bonchev–Trinajstić information content (AvgIpc) is 2.98. The van der Waals surface area contributed by atoms with Gasteiger partial charge in [0.1, 0.15) is 5.82 Å². The molecule has 2 heterocycles. The standard InChI is InChI=1S/C14H17N3O2/c1-16(9-14-15-5-6-17(14)2)8-11-3-4-12-13(7-11)19-10-18-12/h3-7H,8-10H2,1-2H3. The van der Waals surface area contributed by atoms with Crippen molar-refractivity contribution in [1.82, 2.24) is 14.5 Å². The Morgan fingerprint density at radius 1 is 1.26 bits per heavy atom. The van der Waals surface area contributed by atoms with Crippen molar-refractivity contribution in [2.45, 2.75) is 13.1 Å². The van der Waals surface area contributed by atoms with Crippen LogP contribution in [-0.2, 0) is 20.1 Å². The summed E-state index contributed by atoms with van der Waals surface area (Å²) in [5.41, 5.74) is 1.21. The molecule has 5 nitrogen and oxygen atoms in total. The molecule has 0 saturated carbocycles.